The summed E-state index contributed by atoms with van der Waals surface area (Å²) < 4.78 is 19.5. The smallest absolute Gasteiger partial charge is 0.358 e. The number of rotatable bonds is 3. The summed E-state index contributed by atoms with van der Waals surface area (Å²) in [5, 5.41) is 4.30. The van der Waals surface area contributed by atoms with E-state index in [0.29, 0.717) is 5.69 Å². The van der Waals surface area contributed by atoms with Gasteiger partial charge in [-0.05, 0) is 37.3 Å². The summed E-state index contributed by atoms with van der Waals surface area (Å²) >= 11 is 0. The van der Waals surface area contributed by atoms with Gasteiger partial charge in [0.25, 0.3) is 0 Å². The molecule has 0 aliphatic heterocycles. The number of methoxy groups -OCH3 is 1. The van der Waals surface area contributed by atoms with E-state index in [1.54, 1.807) is 22.9 Å². The monoisotopic (exact) mass is 310 g/mol. The van der Waals surface area contributed by atoms with Crippen LogP contribution in [0.25, 0.3) is 16.9 Å². The Bertz CT molecular complexity index is 773. The molecule has 0 spiro atoms. The molecular weight excluding hydrogens is 295 g/mol. The molecule has 0 amide bonds. The maximum absolute atomic E-state index is 13.2. The van der Waals surface area contributed by atoms with Crippen LogP contribution < -0.4 is 0 Å². The fraction of sp³-hybridized carbons (Fsp3) is 0.111. The van der Waals surface area contributed by atoms with E-state index in [0.717, 1.165) is 16.8 Å². The highest BCUT2D eigenvalue weighted by Gasteiger charge is 2.17. The average molecular weight is 310 g/mol. The van der Waals surface area contributed by atoms with Crippen LogP contribution >= 0.6 is 0 Å². The van der Waals surface area contributed by atoms with Gasteiger partial charge in [-0.2, -0.15) is 5.10 Å². The van der Waals surface area contributed by atoms with Crippen molar-refractivity contribution >= 4 is 5.97 Å². The summed E-state index contributed by atoms with van der Waals surface area (Å²) in [6.07, 6.45) is 0. The van der Waals surface area contributed by atoms with Gasteiger partial charge >= 0.3 is 5.97 Å². The molecule has 1 aromatic heterocycles. The van der Waals surface area contributed by atoms with Crippen LogP contribution in [0.2, 0.25) is 0 Å². The molecule has 0 saturated carbocycles. The largest absolute Gasteiger partial charge is 0.464 e. The van der Waals surface area contributed by atoms with Gasteiger partial charge in [-0.3, -0.25) is 0 Å². The first-order valence-corrected chi connectivity index (χ1v) is 7.10. The van der Waals surface area contributed by atoms with Crippen LogP contribution in [0.15, 0.2) is 54.6 Å². The topological polar surface area (TPSA) is 44.1 Å². The molecule has 2 aromatic carbocycles. The van der Waals surface area contributed by atoms with E-state index >= 15 is 0 Å². The van der Waals surface area contributed by atoms with Gasteiger partial charge in [-0.25, -0.2) is 13.9 Å². The second kappa shape index (κ2) is 6.04. The molecular formula is C18H15FN2O2. The van der Waals surface area contributed by atoms with Gasteiger partial charge in [0.15, 0.2) is 5.69 Å². The Balaban J connectivity index is 2.16. The Morgan fingerprint density at radius 2 is 1.74 bits per heavy atom. The van der Waals surface area contributed by atoms with E-state index < -0.39 is 5.97 Å². The molecule has 0 bridgehead atoms. The van der Waals surface area contributed by atoms with Gasteiger partial charge in [-0.15, -0.1) is 0 Å². The molecule has 116 valence electrons. The number of esters is 1. The van der Waals surface area contributed by atoms with E-state index in [4.69, 9.17) is 4.74 Å². The van der Waals surface area contributed by atoms with Gasteiger partial charge in [0.1, 0.15) is 5.82 Å². The Morgan fingerprint density at radius 1 is 1.09 bits per heavy atom. The minimum Gasteiger partial charge on any atom is -0.464 e. The molecule has 0 aliphatic rings. The summed E-state index contributed by atoms with van der Waals surface area (Å²) in [4.78, 5) is 11.8. The molecule has 23 heavy (non-hydrogen) atoms. The SMILES string of the molecule is COC(=O)c1cc(-c2ccc(C)cc2)n(-c2ccc(F)cc2)n1. The lowest BCUT2D eigenvalue weighted by Crippen LogP contribution is -2.04. The van der Waals surface area contributed by atoms with E-state index in [2.05, 4.69) is 5.10 Å². The van der Waals surface area contributed by atoms with E-state index in [1.807, 2.05) is 31.2 Å². The molecule has 0 saturated heterocycles. The zero-order valence-corrected chi connectivity index (χ0v) is 12.8. The highest BCUT2D eigenvalue weighted by molar-refractivity contribution is 5.89. The summed E-state index contributed by atoms with van der Waals surface area (Å²) in [5.41, 5.74) is 3.64. The lowest BCUT2D eigenvalue weighted by atomic mass is 10.1. The van der Waals surface area contributed by atoms with Crippen molar-refractivity contribution in [2.75, 3.05) is 7.11 Å². The second-order valence-electron chi connectivity index (χ2n) is 5.16. The van der Waals surface area contributed by atoms with Gasteiger partial charge < -0.3 is 4.74 Å². The number of ether oxygens (including phenoxy) is 1. The minimum atomic E-state index is -0.515. The quantitative estimate of drug-likeness (QED) is 0.692. The molecule has 3 rings (SSSR count). The second-order valence-corrected chi connectivity index (χ2v) is 5.16. The van der Waals surface area contributed by atoms with Crippen molar-refractivity contribution in [2.24, 2.45) is 0 Å². The van der Waals surface area contributed by atoms with Crippen LogP contribution in [-0.2, 0) is 4.74 Å². The first-order chi connectivity index (χ1) is 11.1. The highest BCUT2D eigenvalue weighted by atomic mass is 19.1. The third kappa shape index (κ3) is 2.99. The highest BCUT2D eigenvalue weighted by Crippen LogP contribution is 2.25. The first kappa shape index (κ1) is 15.0. The Hall–Kier alpha value is -2.95. The van der Waals surface area contributed by atoms with Crippen LogP contribution in [0, 0.1) is 12.7 Å². The van der Waals surface area contributed by atoms with E-state index in [1.165, 1.54) is 19.2 Å². The molecule has 5 heteroatoms. The summed E-state index contributed by atoms with van der Waals surface area (Å²) in [7, 11) is 1.31. The Morgan fingerprint density at radius 3 is 2.35 bits per heavy atom. The molecule has 4 nitrogen and oxygen atoms in total. The zero-order valence-electron chi connectivity index (χ0n) is 12.8. The average Bonchev–Trinajstić information content (AvgIpc) is 3.01. The van der Waals surface area contributed by atoms with Crippen molar-refractivity contribution in [1.29, 1.82) is 0 Å². The van der Waals surface area contributed by atoms with Crippen LogP contribution in [0.3, 0.4) is 0 Å². The fourth-order valence-electron chi connectivity index (χ4n) is 2.29. The number of carbonyl (C=O) groups excluding carboxylic acids is 1. The predicted molar refractivity (Wildman–Crippen MR) is 85.0 cm³/mol. The Labute approximate surface area is 133 Å². The van der Waals surface area contributed by atoms with E-state index in [-0.39, 0.29) is 11.5 Å². The number of benzene rings is 2. The van der Waals surface area contributed by atoms with Crippen LogP contribution in [0.1, 0.15) is 16.1 Å². The van der Waals surface area contributed by atoms with Gasteiger partial charge in [0.05, 0.1) is 18.5 Å². The van der Waals surface area contributed by atoms with Crippen molar-refractivity contribution in [3.63, 3.8) is 0 Å². The predicted octanol–water partition coefficient (Wildman–Crippen LogP) is 3.77. The zero-order chi connectivity index (χ0) is 16.4. The van der Waals surface area contributed by atoms with Crippen molar-refractivity contribution in [3.8, 4) is 16.9 Å². The molecule has 0 N–H and O–H groups in total. The third-order valence-electron chi connectivity index (χ3n) is 3.52. The molecule has 0 aliphatic carbocycles. The van der Waals surface area contributed by atoms with Crippen LogP contribution in [0.5, 0.6) is 0 Å². The number of aryl methyl sites for hydroxylation is 1. The van der Waals surface area contributed by atoms with Crippen molar-refractivity contribution in [2.45, 2.75) is 6.92 Å². The number of halogens is 1. The third-order valence-corrected chi connectivity index (χ3v) is 3.52. The van der Waals surface area contributed by atoms with Crippen LogP contribution in [0.4, 0.5) is 4.39 Å². The maximum Gasteiger partial charge on any atom is 0.358 e. The van der Waals surface area contributed by atoms with Gasteiger partial charge in [0, 0.05) is 5.56 Å². The standard InChI is InChI=1S/C18H15FN2O2/c1-12-3-5-13(6-4-12)17-11-16(18(22)23-2)20-21(17)15-9-7-14(19)8-10-15/h3-11H,1-2H3. The van der Waals surface area contributed by atoms with Gasteiger partial charge in [-0.1, -0.05) is 29.8 Å². The summed E-state index contributed by atoms with van der Waals surface area (Å²) in [6, 6.07) is 15.5. The van der Waals surface area contributed by atoms with Crippen molar-refractivity contribution < 1.29 is 13.9 Å². The number of hydrogen-bond acceptors (Lipinski definition) is 3. The molecule has 0 fully saturated rings. The number of aromatic nitrogens is 2. The van der Waals surface area contributed by atoms with Crippen LogP contribution in [-0.4, -0.2) is 22.9 Å². The van der Waals surface area contributed by atoms with E-state index in [9.17, 15) is 9.18 Å². The van der Waals surface area contributed by atoms with Gasteiger partial charge in [0.2, 0.25) is 0 Å². The maximum atomic E-state index is 13.2. The number of hydrogen-bond donors (Lipinski definition) is 0. The fourth-order valence-corrected chi connectivity index (χ4v) is 2.29. The van der Waals surface area contributed by atoms with Crippen molar-refractivity contribution in [1.82, 2.24) is 9.78 Å². The molecule has 0 unspecified atom stereocenters. The van der Waals surface area contributed by atoms with Crippen molar-refractivity contribution in [3.05, 3.63) is 71.7 Å². The summed E-state index contributed by atoms with van der Waals surface area (Å²) in [6.45, 7) is 2.00. The molecule has 1 heterocycles. The summed E-state index contributed by atoms with van der Waals surface area (Å²) in [5.74, 6) is -0.842. The Kier molecular flexibility index (Phi) is 3.93. The lowest BCUT2D eigenvalue weighted by molar-refractivity contribution is 0.0593. The first-order valence-electron chi connectivity index (χ1n) is 7.10. The minimum absolute atomic E-state index is 0.201. The molecule has 0 radical (unpaired) electrons. The lowest BCUT2D eigenvalue weighted by Gasteiger charge is -2.07. The number of carbonyl (C=O) groups is 1. The number of nitrogens with zero attached hydrogens (tertiary/aromatic N) is 2. The molecule has 0 atom stereocenters. The normalized spacial score (nSPS) is 10.6. The molecule has 3 aromatic rings.